The van der Waals surface area contributed by atoms with E-state index in [1.54, 1.807) is 10.9 Å². The van der Waals surface area contributed by atoms with E-state index in [0.717, 1.165) is 33.7 Å². The summed E-state index contributed by atoms with van der Waals surface area (Å²) < 4.78 is 7.61. The second kappa shape index (κ2) is 7.25. The van der Waals surface area contributed by atoms with Crippen LogP contribution in [-0.4, -0.2) is 14.8 Å². The number of hydrogen-bond donors (Lipinski definition) is 2. The number of nitrogen functional groups attached to an aromatic ring is 2. The van der Waals surface area contributed by atoms with Gasteiger partial charge < -0.3 is 16.2 Å². The van der Waals surface area contributed by atoms with Crippen LogP contribution in [0.2, 0.25) is 0 Å². The first-order valence-corrected chi connectivity index (χ1v) is 9.51. The van der Waals surface area contributed by atoms with Crippen molar-refractivity contribution >= 4 is 22.5 Å². The lowest BCUT2D eigenvalue weighted by Crippen LogP contribution is -1.99. The van der Waals surface area contributed by atoms with Gasteiger partial charge in [0.1, 0.15) is 11.5 Å². The van der Waals surface area contributed by atoms with Gasteiger partial charge in [-0.3, -0.25) is 0 Å². The second-order valence-corrected chi connectivity index (χ2v) is 6.89. The van der Waals surface area contributed by atoms with Crippen LogP contribution in [0.5, 0.6) is 11.5 Å². The Morgan fingerprint density at radius 3 is 2.30 bits per heavy atom. The maximum absolute atomic E-state index is 6.29. The molecule has 6 nitrogen and oxygen atoms in total. The molecule has 2 heterocycles. The molecule has 5 aromatic rings. The molecule has 146 valence electrons. The Balaban J connectivity index is 1.55. The highest BCUT2D eigenvalue weighted by atomic mass is 16.5. The summed E-state index contributed by atoms with van der Waals surface area (Å²) in [5.41, 5.74) is 16.3. The van der Waals surface area contributed by atoms with Crippen molar-refractivity contribution in [3.05, 3.63) is 91.1 Å². The van der Waals surface area contributed by atoms with Crippen molar-refractivity contribution in [2.24, 2.45) is 0 Å². The predicted molar refractivity (Wildman–Crippen MR) is 120 cm³/mol. The van der Waals surface area contributed by atoms with Crippen molar-refractivity contribution in [2.75, 3.05) is 11.5 Å². The summed E-state index contributed by atoms with van der Waals surface area (Å²) in [6.07, 6.45) is 1.76. The summed E-state index contributed by atoms with van der Waals surface area (Å²) in [5, 5.41) is 5.31. The third-order valence-corrected chi connectivity index (χ3v) is 4.85. The molecular formula is C24H19N5O. The summed E-state index contributed by atoms with van der Waals surface area (Å²) in [6.45, 7) is 0. The number of rotatable bonds is 4. The van der Waals surface area contributed by atoms with Crippen molar-refractivity contribution in [1.29, 1.82) is 0 Å². The Morgan fingerprint density at radius 2 is 1.53 bits per heavy atom. The number of pyridine rings is 1. The molecule has 0 saturated carbocycles. The molecule has 0 fully saturated rings. The Bertz CT molecular complexity index is 1330. The molecule has 0 spiro atoms. The number of nitrogens with zero attached hydrogens (tertiary/aromatic N) is 3. The van der Waals surface area contributed by atoms with Crippen LogP contribution in [0.4, 0.5) is 11.5 Å². The average molecular weight is 393 g/mol. The van der Waals surface area contributed by atoms with Gasteiger partial charge >= 0.3 is 0 Å². The van der Waals surface area contributed by atoms with Gasteiger partial charge in [0.2, 0.25) is 0 Å². The first-order valence-electron chi connectivity index (χ1n) is 9.51. The Morgan fingerprint density at radius 1 is 0.767 bits per heavy atom. The molecule has 5 rings (SSSR count). The second-order valence-electron chi connectivity index (χ2n) is 6.89. The molecule has 0 amide bonds. The molecule has 6 heteroatoms. The van der Waals surface area contributed by atoms with Gasteiger partial charge in [0, 0.05) is 11.9 Å². The van der Waals surface area contributed by atoms with E-state index in [1.807, 2.05) is 84.9 Å². The van der Waals surface area contributed by atoms with E-state index in [0.29, 0.717) is 17.2 Å². The molecule has 3 aromatic carbocycles. The molecule has 0 unspecified atom stereocenters. The molecule has 0 saturated heterocycles. The zero-order valence-electron chi connectivity index (χ0n) is 16.1. The van der Waals surface area contributed by atoms with Crippen LogP contribution in [0.25, 0.3) is 27.8 Å². The number of anilines is 2. The highest BCUT2D eigenvalue weighted by Gasteiger charge is 2.16. The largest absolute Gasteiger partial charge is 0.457 e. The zero-order valence-corrected chi connectivity index (χ0v) is 16.1. The third-order valence-electron chi connectivity index (χ3n) is 4.85. The van der Waals surface area contributed by atoms with E-state index in [2.05, 4.69) is 10.1 Å². The lowest BCUT2D eigenvalue weighted by molar-refractivity contribution is 0.483. The van der Waals surface area contributed by atoms with Gasteiger partial charge in [-0.2, -0.15) is 0 Å². The van der Waals surface area contributed by atoms with Crippen LogP contribution in [0, 0.1) is 0 Å². The summed E-state index contributed by atoms with van der Waals surface area (Å²) in [5.74, 6) is 1.98. The maximum Gasteiger partial charge on any atom is 0.165 e. The number of benzene rings is 3. The number of aromatic nitrogens is 3. The number of para-hydroxylation sites is 1. The van der Waals surface area contributed by atoms with Crippen molar-refractivity contribution in [3.8, 4) is 28.3 Å². The molecule has 0 atom stereocenters. The molecule has 0 aliphatic rings. The van der Waals surface area contributed by atoms with Crippen molar-refractivity contribution in [2.45, 2.75) is 0 Å². The normalized spacial score (nSPS) is 10.9. The van der Waals surface area contributed by atoms with E-state index in [9.17, 15) is 0 Å². The molecule has 30 heavy (non-hydrogen) atoms. The highest BCUT2D eigenvalue weighted by molar-refractivity contribution is 6.00. The molecule has 0 aliphatic carbocycles. The Labute approximate surface area is 173 Å². The van der Waals surface area contributed by atoms with Crippen LogP contribution in [-0.2, 0) is 0 Å². The predicted octanol–water partition coefficient (Wildman–Crippen LogP) is 5.04. The van der Waals surface area contributed by atoms with Crippen molar-refractivity contribution < 1.29 is 4.74 Å². The Hall–Kier alpha value is -4.32. The maximum atomic E-state index is 6.29. The molecule has 0 aliphatic heterocycles. The van der Waals surface area contributed by atoms with Gasteiger partial charge in [-0.1, -0.05) is 36.4 Å². The molecule has 2 aromatic heterocycles. The number of nitrogens with two attached hydrogens (primary N) is 2. The van der Waals surface area contributed by atoms with Crippen LogP contribution < -0.4 is 16.2 Å². The van der Waals surface area contributed by atoms with Crippen molar-refractivity contribution in [1.82, 2.24) is 14.8 Å². The third kappa shape index (κ3) is 3.20. The van der Waals surface area contributed by atoms with Gasteiger partial charge in [-0.15, -0.1) is 5.10 Å². The van der Waals surface area contributed by atoms with Gasteiger partial charge in [-0.25, -0.2) is 9.67 Å². The van der Waals surface area contributed by atoms with Crippen LogP contribution in [0.3, 0.4) is 0 Å². The molecule has 0 radical (unpaired) electrons. The van der Waals surface area contributed by atoms with Gasteiger partial charge in [0.15, 0.2) is 11.5 Å². The first kappa shape index (κ1) is 17.8. The smallest absolute Gasteiger partial charge is 0.165 e. The van der Waals surface area contributed by atoms with E-state index in [1.165, 1.54) is 0 Å². The fourth-order valence-corrected chi connectivity index (χ4v) is 3.47. The van der Waals surface area contributed by atoms with E-state index >= 15 is 0 Å². The lowest BCUT2D eigenvalue weighted by Gasteiger charge is -2.08. The van der Waals surface area contributed by atoms with Crippen LogP contribution in [0.15, 0.2) is 91.1 Å². The zero-order chi connectivity index (χ0) is 20.5. The SMILES string of the molecule is Nc1cccc(-n2nc(N)c3c(-c4ccc(Oc5ccccc5)cc4)ccnc32)c1. The Kier molecular flexibility index (Phi) is 4.29. The van der Waals surface area contributed by atoms with E-state index in [4.69, 9.17) is 16.2 Å². The molecular weight excluding hydrogens is 374 g/mol. The quantitative estimate of drug-likeness (QED) is 0.417. The minimum Gasteiger partial charge on any atom is -0.457 e. The van der Waals surface area contributed by atoms with Crippen LogP contribution in [0.1, 0.15) is 0 Å². The first-order chi connectivity index (χ1) is 14.7. The summed E-state index contributed by atoms with van der Waals surface area (Å²) in [7, 11) is 0. The highest BCUT2D eigenvalue weighted by Crippen LogP contribution is 2.34. The minimum atomic E-state index is 0.417. The average Bonchev–Trinajstić information content (AvgIpc) is 3.12. The van der Waals surface area contributed by atoms with Crippen LogP contribution >= 0.6 is 0 Å². The van der Waals surface area contributed by atoms with Gasteiger partial charge in [-0.05, 0) is 59.7 Å². The fraction of sp³-hybridized carbons (Fsp3) is 0. The lowest BCUT2D eigenvalue weighted by atomic mass is 10.0. The van der Waals surface area contributed by atoms with E-state index in [-0.39, 0.29) is 0 Å². The topological polar surface area (TPSA) is 92.0 Å². The summed E-state index contributed by atoms with van der Waals surface area (Å²) in [4.78, 5) is 4.52. The monoisotopic (exact) mass is 393 g/mol. The van der Waals surface area contributed by atoms with E-state index < -0.39 is 0 Å². The molecule has 0 bridgehead atoms. The van der Waals surface area contributed by atoms with Gasteiger partial charge in [0.05, 0.1) is 11.1 Å². The molecule has 4 N–H and O–H groups in total. The summed E-state index contributed by atoms with van der Waals surface area (Å²) in [6, 6.07) is 27.0. The number of hydrogen-bond acceptors (Lipinski definition) is 5. The summed E-state index contributed by atoms with van der Waals surface area (Å²) >= 11 is 0. The number of fused-ring (bicyclic) bond motifs is 1. The minimum absolute atomic E-state index is 0.417. The number of ether oxygens (including phenoxy) is 1. The van der Waals surface area contributed by atoms with Gasteiger partial charge in [0.25, 0.3) is 0 Å². The van der Waals surface area contributed by atoms with Crippen molar-refractivity contribution in [3.63, 3.8) is 0 Å². The standard InChI is InChI=1S/C24H19N5O/c25-17-5-4-6-18(15-17)29-24-22(23(26)28-29)21(13-14-27-24)16-9-11-20(12-10-16)30-19-7-2-1-3-8-19/h1-15H,25H2,(H2,26,28). The fourth-order valence-electron chi connectivity index (χ4n) is 3.47.